The maximum Gasteiger partial charge on any atom is 0.415 e. The Hall–Kier alpha value is -1.51. The maximum absolute atomic E-state index is 14.2. The SMILES string of the molecule is CCOC(C(F)(F)F)C1(CCc2ccc(F)s2)CCN(C(C)(CC)c2ccc(C)nc2)C1. The fourth-order valence-electron chi connectivity index (χ4n) is 4.91. The second kappa shape index (κ2) is 9.77. The molecule has 3 unspecified atom stereocenters. The predicted molar refractivity (Wildman–Crippen MR) is 119 cm³/mol. The molecule has 3 nitrogen and oxygen atoms in total. The quantitative estimate of drug-likeness (QED) is 0.389. The zero-order chi connectivity index (χ0) is 23.6. The number of aromatic nitrogens is 1. The van der Waals surface area contributed by atoms with Gasteiger partial charge in [-0.1, -0.05) is 13.0 Å². The number of hydrogen-bond acceptors (Lipinski definition) is 4. The van der Waals surface area contributed by atoms with E-state index in [-0.39, 0.29) is 18.3 Å². The van der Waals surface area contributed by atoms with E-state index in [9.17, 15) is 17.6 Å². The molecule has 0 saturated carbocycles. The van der Waals surface area contributed by atoms with Crippen LogP contribution in [0, 0.1) is 17.5 Å². The van der Waals surface area contributed by atoms with Gasteiger partial charge in [0.25, 0.3) is 0 Å². The Kier molecular flexibility index (Phi) is 7.67. The van der Waals surface area contributed by atoms with Crippen molar-refractivity contribution in [2.75, 3.05) is 19.7 Å². The average molecular weight is 473 g/mol. The fraction of sp³-hybridized carbons (Fsp3) is 0.625. The molecule has 1 aliphatic rings. The first-order valence-corrected chi connectivity index (χ1v) is 12.0. The highest BCUT2D eigenvalue weighted by molar-refractivity contribution is 7.10. The van der Waals surface area contributed by atoms with Crippen molar-refractivity contribution >= 4 is 11.3 Å². The topological polar surface area (TPSA) is 25.4 Å². The van der Waals surface area contributed by atoms with Gasteiger partial charge in [-0.2, -0.15) is 17.6 Å². The fourth-order valence-corrected chi connectivity index (χ4v) is 5.63. The third-order valence-corrected chi connectivity index (χ3v) is 7.92. The summed E-state index contributed by atoms with van der Waals surface area (Å²) in [5.74, 6) is 0. The van der Waals surface area contributed by atoms with Crippen LogP contribution in [0.4, 0.5) is 17.6 Å². The van der Waals surface area contributed by atoms with Crippen LogP contribution in [-0.2, 0) is 16.7 Å². The Bertz CT molecular complexity index is 885. The summed E-state index contributed by atoms with van der Waals surface area (Å²) < 4.78 is 61.4. The molecule has 8 heteroatoms. The Morgan fingerprint density at radius 1 is 1.22 bits per heavy atom. The van der Waals surface area contributed by atoms with Crippen LogP contribution in [0.3, 0.4) is 0 Å². The molecule has 3 atom stereocenters. The molecule has 0 aromatic carbocycles. The van der Waals surface area contributed by atoms with Crippen LogP contribution in [0.25, 0.3) is 0 Å². The smallest absolute Gasteiger partial charge is 0.368 e. The highest BCUT2D eigenvalue weighted by atomic mass is 32.1. The zero-order valence-electron chi connectivity index (χ0n) is 19.1. The molecule has 3 rings (SSSR count). The molecule has 32 heavy (non-hydrogen) atoms. The summed E-state index contributed by atoms with van der Waals surface area (Å²) in [5.41, 5.74) is 0.379. The lowest BCUT2D eigenvalue weighted by Crippen LogP contribution is -2.51. The molecule has 2 aromatic heterocycles. The Labute approximate surface area is 191 Å². The number of rotatable bonds is 9. The number of pyridine rings is 1. The van der Waals surface area contributed by atoms with Gasteiger partial charge in [-0.3, -0.25) is 9.88 Å². The lowest BCUT2D eigenvalue weighted by Gasteiger charge is -2.42. The van der Waals surface area contributed by atoms with Gasteiger partial charge in [0.15, 0.2) is 11.2 Å². The zero-order valence-corrected chi connectivity index (χ0v) is 20.0. The predicted octanol–water partition coefficient (Wildman–Crippen LogP) is 6.51. The summed E-state index contributed by atoms with van der Waals surface area (Å²) in [6, 6.07) is 6.99. The molecule has 1 saturated heterocycles. The standard InChI is InChI=1S/C24H32F4N2OS/c1-5-22(4,18-8-7-17(3)29-15-18)30-14-13-23(16-30,21(31-6-2)24(26,27)28)12-11-19-9-10-20(25)32-19/h7-10,15,21H,5-6,11-14,16H2,1-4H3. The highest BCUT2D eigenvalue weighted by Crippen LogP contribution is 2.49. The molecule has 0 aliphatic carbocycles. The maximum atomic E-state index is 14.2. The van der Waals surface area contributed by atoms with Gasteiger partial charge < -0.3 is 4.74 Å². The Morgan fingerprint density at radius 2 is 1.97 bits per heavy atom. The number of thiophene rings is 1. The van der Waals surface area contributed by atoms with Gasteiger partial charge in [-0.25, -0.2) is 0 Å². The first-order valence-electron chi connectivity index (χ1n) is 11.1. The van der Waals surface area contributed by atoms with E-state index in [4.69, 9.17) is 4.74 Å². The number of ether oxygens (including phenoxy) is 1. The van der Waals surface area contributed by atoms with Crippen molar-refractivity contribution in [3.8, 4) is 0 Å². The van der Waals surface area contributed by atoms with Crippen molar-refractivity contribution in [1.29, 1.82) is 0 Å². The second-order valence-electron chi connectivity index (χ2n) is 8.93. The van der Waals surface area contributed by atoms with Crippen LogP contribution in [0.5, 0.6) is 0 Å². The normalized spacial score (nSPS) is 22.8. The van der Waals surface area contributed by atoms with E-state index in [1.807, 2.05) is 25.3 Å². The van der Waals surface area contributed by atoms with E-state index in [0.29, 0.717) is 25.8 Å². The van der Waals surface area contributed by atoms with Crippen LogP contribution in [0.1, 0.15) is 56.2 Å². The third-order valence-electron chi connectivity index (χ3n) is 6.99. The summed E-state index contributed by atoms with van der Waals surface area (Å²) in [6.07, 6.45) is -2.68. The summed E-state index contributed by atoms with van der Waals surface area (Å²) >= 11 is 1.00. The van der Waals surface area contributed by atoms with Gasteiger partial charge in [-0.05, 0) is 76.8 Å². The van der Waals surface area contributed by atoms with E-state index in [1.165, 1.54) is 6.07 Å². The Morgan fingerprint density at radius 3 is 2.50 bits per heavy atom. The molecule has 0 radical (unpaired) electrons. The van der Waals surface area contributed by atoms with Crippen LogP contribution in [-0.4, -0.2) is 41.9 Å². The molecule has 0 amide bonds. The average Bonchev–Trinajstić information content (AvgIpc) is 3.37. The molecule has 178 valence electrons. The lowest BCUT2D eigenvalue weighted by molar-refractivity contribution is -0.255. The Balaban J connectivity index is 1.93. The van der Waals surface area contributed by atoms with Crippen molar-refractivity contribution < 1.29 is 22.3 Å². The van der Waals surface area contributed by atoms with E-state index >= 15 is 0 Å². The number of aryl methyl sites for hydroxylation is 2. The first kappa shape index (κ1) is 25.1. The molecular formula is C24H32F4N2OS. The number of alkyl halides is 3. The summed E-state index contributed by atoms with van der Waals surface area (Å²) in [7, 11) is 0. The third kappa shape index (κ3) is 5.18. The number of hydrogen-bond donors (Lipinski definition) is 0. The molecule has 2 aromatic rings. The molecule has 1 fully saturated rings. The van der Waals surface area contributed by atoms with Gasteiger partial charge in [0.2, 0.25) is 0 Å². The van der Waals surface area contributed by atoms with Crippen molar-refractivity contribution in [1.82, 2.24) is 9.88 Å². The van der Waals surface area contributed by atoms with E-state index < -0.39 is 23.2 Å². The molecule has 3 heterocycles. The van der Waals surface area contributed by atoms with Crippen molar-refractivity contribution in [2.24, 2.45) is 5.41 Å². The van der Waals surface area contributed by atoms with Gasteiger partial charge in [0.05, 0.1) is 0 Å². The summed E-state index contributed by atoms with van der Waals surface area (Å²) in [6.45, 7) is 8.44. The largest absolute Gasteiger partial charge is 0.415 e. The molecule has 1 aliphatic heterocycles. The van der Waals surface area contributed by atoms with Crippen molar-refractivity contribution in [2.45, 2.75) is 71.2 Å². The van der Waals surface area contributed by atoms with Gasteiger partial charge in [-0.15, -0.1) is 11.3 Å². The van der Waals surface area contributed by atoms with Gasteiger partial charge in [0, 0.05) is 40.9 Å². The summed E-state index contributed by atoms with van der Waals surface area (Å²) in [5, 5.41) is -0.315. The van der Waals surface area contributed by atoms with E-state index in [2.05, 4.69) is 23.7 Å². The van der Waals surface area contributed by atoms with E-state index in [1.54, 1.807) is 13.0 Å². The highest BCUT2D eigenvalue weighted by Gasteiger charge is 2.58. The number of likely N-dealkylation sites (tertiary alicyclic amines) is 1. The lowest BCUT2D eigenvalue weighted by atomic mass is 9.76. The van der Waals surface area contributed by atoms with Crippen LogP contribution >= 0.6 is 11.3 Å². The van der Waals surface area contributed by atoms with Crippen LogP contribution < -0.4 is 0 Å². The van der Waals surface area contributed by atoms with E-state index in [0.717, 1.165) is 33.9 Å². The van der Waals surface area contributed by atoms with Crippen LogP contribution in [0.15, 0.2) is 30.5 Å². The minimum atomic E-state index is -4.47. The minimum Gasteiger partial charge on any atom is -0.368 e. The van der Waals surface area contributed by atoms with Gasteiger partial charge in [0.1, 0.15) is 0 Å². The number of nitrogens with zero attached hydrogens (tertiary/aromatic N) is 2. The monoisotopic (exact) mass is 472 g/mol. The minimum absolute atomic E-state index is 0.00746. The summed E-state index contributed by atoms with van der Waals surface area (Å²) in [4.78, 5) is 7.34. The van der Waals surface area contributed by atoms with Crippen molar-refractivity contribution in [3.05, 3.63) is 51.7 Å². The molecular weight excluding hydrogens is 440 g/mol. The first-order chi connectivity index (χ1) is 15.0. The molecule has 0 bridgehead atoms. The van der Waals surface area contributed by atoms with Crippen molar-refractivity contribution in [3.63, 3.8) is 0 Å². The second-order valence-corrected chi connectivity index (χ2v) is 10.1. The molecule has 0 N–H and O–H groups in total. The molecule has 0 spiro atoms. The van der Waals surface area contributed by atoms with Crippen LogP contribution in [0.2, 0.25) is 0 Å². The van der Waals surface area contributed by atoms with Gasteiger partial charge >= 0.3 is 6.18 Å². The number of halogens is 4.